The van der Waals surface area contributed by atoms with Crippen molar-refractivity contribution in [1.82, 2.24) is 16.0 Å². The molecule has 194 valence electrons. The predicted octanol–water partition coefficient (Wildman–Crippen LogP) is -3.22. The molecule has 0 rings (SSSR count). The summed E-state index contributed by atoms with van der Waals surface area (Å²) in [5.41, 5.74) is 21.6. The van der Waals surface area contributed by atoms with Crippen LogP contribution in [0.15, 0.2) is 0 Å². The fraction of sp³-hybridized carbons (Fsp3) is 0.700. The molecule has 5 atom stereocenters. The highest BCUT2D eigenvalue weighted by Gasteiger charge is 2.32. The molecule has 0 aliphatic carbocycles. The second-order valence-electron chi connectivity index (χ2n) is 8.06. The van der Waals surface area contributed by atoms with Crippen molar-refractivity contribution < 1.29 is 33.9 Å². The number of carboxylic acid groups (broad SMARTS) is 1. The van der Waals surface area contributed by atoms with E-state index in [1.807, 2.05) is 6.92 Å². The highest BCUT2D eigenvalue weighted by atomic mass is 16.4. The van der Waals surface area contributed by atoms with Gasteiger partial charge in [0, 0.05) is 0 Å². The number of carbonyl (C=O) groups is 6. The molecule has 0 aromatic carbocycles. The van der Waals surface area contributed by atoms with Gasteiger partial charge in [0.05, 0.1) is 18.9 Å². The van der Waals surface area contributed by atoms with Crippen LogP contribution in [0.5, 0.6) is 0 Å². The maximum atomic E-state index is 12.8. The van der Waals surface area contributed by atoms with Crippen LogP contribution in [0.2, 0.25) is 0 Å². The molecule has 0 saturated heterocycles. The lowest BCUT2D eigenvalue weighted by Gasteiger charge is -2.25. The van der Waals surface area contributed by atoms with Crippen LogP contribution < -0.4 is 38.9 Å². The molecule has 0 aromatic heterocycles. The van der Waals surface area contributed by atoms with Gasteiger partial charge in [-0.05, 0) is 31.7 Å². The Kier molecular flexibility index (Phi) is 14.1. The Morgan fingerprint density at radius 3 is 1.62 bits per heavy atom. The summed E-state index contributed by atoms with van der Waals surface area (Å²) in [5, 5.41) is 16.1. The molecule has 5 amide bonds. The van der Waals surface area contributed by atoms with Crippen molar-refractivity contribution in [3.05, 3.63) is 0 Å². The molecule has 0 fully saturated rings. The summed E-state index contributed by atoms with van der Waals surface area (Å²) >= 11 is 0. The normalized spacial score (nSPS) is 15.2. The predicted molar refractivity (Wildman–Crippen MR) is 121 cm³/mol. The highest BCUT2D eigenvalue weighted by Crippen LogP contribution is 2.07. The molecule has 34 heavy (non-hydrogen) atoms. The van der Waals surface area contributed by atoms with E-state index >= 15 is 0 Å². The molecule has 12 N–H and O–H groups in total. The molecular formula is C20H37N7O7. The van der Waals surface area contributed by atoms with Gasteiger partial charge in [0.25, 0.3) is 0 Å². The summed E-state index contributed by atoms with van der Waals surface area (Å²) in [7, 11) is 0. The van der Waals surface area contributed by atoms with Gasteiger partial charge < -0.3 is 44.0 Å². The molecule has 0 radical (unpaired) electrons. The molecule has 14 nitrogen and oxygen atoms in total. The Balaban J connectivity index is 5.53. The standard InChI is InChI=1S/C20H37N7O7/c1-3-10(2)16(24)19(32)27-13(9-15(23)29)18(31)26-12(8-14(22)28)17(30)25-11(20(33)34)6-4-5-7-21/h10-13,16H,3-9,21,24H2,1-2H3,(H2,22,28)(H2,23,29)(H,25,30)(H,26,31)(H,27,32)(H,33,34). The summed E-state index contributed by atoms with van der Waals surface area (Å²) in [6.07, 6.45) is 0.350. The highest BCUT2D eigenvalue weighted by molar-refractivity contribution is 5.97. The molecule has 14 heteroatoms. The second kappa shape index (κ2) is 15.6. The summed E-state index contributed by atoms with van der Waals surface area (Å²) in [5.74, 6) is -6.10. The van der Waals surface area contributed by atoms with Gasteiger partial charge in [-0.2, -0.15) is 0 Å². The topological polar surface area (TPSA) is 263 Å². The number of carboxylic acids is 1. The molecule has 0 aliphatic rings. The van der Waals surface area contributed by atoms with E-state index in [4.69, 9.17) is 22.9 Å². The lowest BCUT2D eigenvalue weighted by Crippen LogP contribution is -2.58. The summed E-state index contributed by atoms with van der Waals surface area (Å²) < 4.78 is 0. The Morgan fingerprint density at radius 1 is 0.794 bits per heavy atom. The van der Waals surface area contributed by atoms with Gasteiger partial charge in [0.1, 0.15) is 18.1 Å². The molecule has 0 heterocycles. The zero-order valence-corrected chi connectivity index (χ0v) is 19.5. The zero-order valence-electron chi connectivity index (χ0n) is 19.5. The van der Waals surface area contributed by atoms with Crippen LogP contribution in [0, 0.1) is 5.92 Å². The average molecular weight is 488 g/mol. The number of amides is 5. The minimum atomic E-state index is -1.56. The van der Waals surface area contributed by atoms with Crippen LogP contribution in [0.1, 0.15) is 52.4 Å². The zero-order chi connectivity index (χ0) is 26.4. The molecular weight excluding hydrogens is 450 g/mol. The molecule has 5 unspecified atom stereocenters. The number of unbranched alkanes of at least 4 members (excludes halogenated alkanes) is 1. The number of nitrogens with one attached hydrogen (secondary N) is 3. The fourth-order valence-electron chi connectivity index (χ4n) is 2.90. The fourth-order valence-corrected chi connectivity index (χ4v) is 2.90. The molecule has 0 aliphatic heterocycles. The van der Waals surface area contributed by atoms with E-state index in [1.165, 1.54) is 0 Å². The monoisotopic (exact) mass is 487 g/mol. The van der Waals surface area contributed by atoms with Crippen LogP contribution in [-0.2, 0) is 28.8 Å². The number of rotatable bonds is 17. The molecule has 0 saturated carbocycles. The first-order valence-electron chi connectivity index (χ1n) is 11.0. The van der Waals surface area contributed by atoms with Gasteiger partial charge in [-0.15, -0.1) is 0 Å². The van der Waals surface area contributed by atoms with E-state index in [9.17, 15) is 33.9 Å². The van der Waals surface area contributed by atoms with Crippen molar-refractivity contribution in [2.75, 3.05) is 6.54 Å². The number of primary amides is 2. The Bertz CT molecular complexity index is 747. The van der Waals surface area contributed by atoms with E-state index < -0.39 is 72.5 Å². The number of hydrogen-bond acceptors (Lipinski definition) is 8. The van der Waals surface area contributed by atoms with Gasteiger partial charge in [-0.25, -0.2) is 4.79 Å². The van der Waals surface area contributed by atoms with Crippen LogP contribution in [0.3, 0.4) is 0 Å². The van der Waals surface area contributed by atoms with Crippen molar-refractivity contribution in [3.8, 4) is 0 Å². The number of nitrogens with two attached hydrogens (primary N) is 4. The van der Waals surface area contributed by atoms with Crippen LogP contribution in [0.25, 0.3) is 0 Å². The minimum absolute atomic E-state index is 0.0728. The van der Waals surface area contributed by atoms with E-state index in [2.05, 4.69) is 16.0 Å². The first kappa shape index (κ1) is 30.7. The maximum Gasteiger partial charge on any atom is 0.326 e. The third-order valence-corrected chi connectivity index (χ3v) is 5.20. The van der Waals surface area contributed by atoms with Crippen molar-refractivity contribution in [2.45, 2.75) is 76.5 Å². The van der Waals surface area contributed by atoms with Crippen molar-refractivity contribution >= 4 is 35.5 Å². The molecule has 0 spiro atoms. The van der Waals surface area contributed by atoms with Crippen LogP contribution in [0.4, 0.5) is 0 Å². The molecule has 0 bridgehead atoms. The van der Waals surface area contributed by atoms with Crippen LogP contribution in [-0.4, -0.2) is 71.3 Å². The van der Waals surface area contributed by atoms with Crippen molar-refractivity contribution in [3.63, 3.8) is 0 Å². The first-order chi connectivity index (χ1) is 15.8. The quantitative estimate of drug-likeness (QED) is 0.0957. The maximum absolute atomic E-state index is 12.8. The second-order valence-corrected chi connectivity index (χ2v) is 8.06. The van der Waals surface area contributed by atoms with Gasteiger partial charge in [0.15, 0.2) is 0 Å². The van der Waals surface area contributed by atoms with E-state index in [0.717, 1.165) is 0 Å². The van der Waals surface area contributed by atoms with Crippen molar-refractivity contribution in [2.24, 2.45) is 28.9 Å². The van der Waals surface area contributed by atoms with Crippen molar-refractivity contribution in [1.29, 1.82) is 0 Å². The Labute approximate surface area is 197 Å². The lowest BCUT2D eigenvalue weighted by molar-refractivity contribution is -0.142. The Hall–Kier alpha value is -3.26. The van der Waals surface area contributed by atoms with Gasteiger partial charge in [-0.3, -0.25) is 24.0 Å². The van der Waals surface area contributed by atoms with E-state index in [-0.39, 0.29) is 12.3 Å². The third-order valence-electron chi connectivity index (χ3n) is 5.20. The Morgan fingerprint density at radius 2 is 1.24 bits per heavy atom. The van der Waals surface area contributed by atoms with Gasteiger partial charge >= 0.3 is 5.97 Å². The summed E-state index contributed by atoms with van der Waals surface area (Å²) in [4.78, 5) is 72.1. The number of hydrogen-bond donors (Lipinski definition) is 8. The van der Waals surface area contributed by atoms with E-state index in [0.29, 0.717) is 25.8 Å². The minimum Gasteiger partial charge on any atom is -0.480 e. The van der Waals surface area contributed by atoms with Gasteiger partial charge in [0.2, 0.25) is 29.5 Å². The molecule has 0 aromatic rings. The third kappa shape index (κ3) is 11.6. The first-order valence-corrected chi connectivity index (χ1v) is 11.0. The average Bonchev–Trinajstić information content (AvgIpc) is 2.75. The SMILES string of the molecule is CCC(C)C(N)C(=O)NC(CC(N)=O)C(=O)NC(CC(N)=O)C(=O)NC(CCCCN)C(=O)O. The number of carbonyl (C=O) groups excluding carboxylic acids is 5. The van der Waals surface area contributed by atoms with Gasteiger partial charge in [-0.1, -0.05) is 20.3 Å². The summed E-state index contributed by atoms with van der Waals surface area (Å²) in [6, 6.07) is -5.30. The smallest absolute Gasteiger partial charge is 0.326 e. The number of aliphatic carboxylic acids is 1. The lowest BCUT2D eigenvalue weighted by atomic mass is 9.99. The van der Waals surface area contributed by atoms with E-state index in [1.54, 1.807) is 6.92 Å². The largest absolute Gasteiger partial charge is 0.480 e. The summed E-state index contributed by atoms with van der Waals surface area (Å²) in [6.45, 7) is 3.89. The van der Waals surface area contributed by atoms with Crippen LogP contribution >= 0.6 is 0 Å².